The lowest BCUT2D eigenvalue weighted by atomic mass is 10.0. The number of amides is 2. The first-order valence-corrected chi connectivity index (χ1v) is 10.6. The molecule has 3 rings (SSSR count). The number of benzene rings is 3. The molecule has 3 aromatic rings. The van der Waals surface area contributed by atoms with Crippen molar-refractivity contribution in [3.63, 3.8) is 0 Å². The van der Waals surface area contributed by atoms with Crippen LogP contribution in [0.25, 0.3) is 17.7 Å². The average Bonchev–Trinajstić information content (AvgIpc) is 2.89. The van der Waals surface area contributed by atoms with Crippen LogP contribution in [0.1, 0.15) is 22.3 Å². The first-order chi connectivity index (χ1) is 16.9. The summed E-state index contributed by atoms with van der Waals surface area (Å²) in [6.07, 6.45) is 4.31. The zero-order valence-electron chi connectivity index (χ0n) is 19.2. The smallest absolute Gasteiger partial charge is 0.267 e. The molecule has 0 aliphatic carbocycles. The molecule has 2 amide bonds. The number of nitrogens with one attached hydrogen (secondary N) is 2. The molecule has 7 nitrogen and oxygen atoms in total. The lowest BCUT2D eigenvalue weighted by molar-refractivity contribution is -0.124. The van der Waals surface area contributed by atoms with Gasteiger partial charge in [-0.15, -0.1) is 0 Å². The van der Waals surface area contributed by atoms with Gasteiger partial charge in [-0.25, -0.2) is 9.87 Å². The van der Waals surface area contributed by atoms with Gasteiger partial charge in [0, 0.05) is 24.3 Å². The van der Waals surface area contributed by atoms with Gasteiger partial charge >= 0.3 is 0 Å². The number of ether oxygens (including phenoxy) is 2. The molecule has 8 heteroatoms. The lowest BCUT2D eigenvalue weighted by Crippen LogP contribution is -2.24. The number of halogens is 1. The van der Waals surface area contributed by atoms with E-state index in [2.05, 4.69) is 5.32 Å². The summed E-state index contributed by atoms with van der Waals surface area (Å²) in [5, 5.41) is 11.4. The number of hydrogen-bond donors (Lipinski definition) is 3. The highest BCUT2D eigenvalue weighted by molar-refractivity contribution is 6.24. The van der Waals surface area contributed by atoms with E-state index in [1.807, 2.05) is 0 Å². The van der Waals surface area contributed by atoms with Crippen LogP contribution in [0.2, 0.25) is 0 Å². The van der Waals surface area contributed by atoms with Crippen molar-refractivity contribution < 1.29 is 28.7 Å². The second kappa shape index (κ2) is 12.2. The van der Waals surface area contributed by atoms with Crippen LogP contribution in [0, 0.1) is 5.82 Å². The summed E-state index contributed by atoms with van der Waals surface area (Å²) in [4.78, 5) is 24.3. The van der Waals surface area contributed by atoms with Crippen molar-refractivity contribution >= 4 is 29.5 Å². The van der Waals surface area contributed by atoms with Crippen molar-refractivity contribution in [1.82, 2.24) is 10.8 Å². The van der Waals surface area contributed by atoms with Gasteiger partial charge in [-0.2, -0.15) is 0 Å². The summed E-state index contributed by atoms with van der Waals surface area (Å²) in [6.45, 7) is 0.202. The molecule has 0 aliphatic heterocycles. The summed E-state index contributed by atoms with van der Waals surface area (Å²) >= 11 is 0. The fraction of sp³-hybridized carbons (Fsp3) is 0.111. The Morgan fingerprint density at radius 2 is 1.60 bits per heavy atom. The molecule has 0 bridgehead atoms. The molecule has 180 valence electrons. The van der Waals surface area contributed by atoms with E-state index in [0.717, 1.165) is 11.1 Å². The summed E-state index contributed by atoms with van der Waals surface area (Å²) in [5.41, 5.74) is 3.98. The minimum absolute atomic E-state index is 0.146. The van der Waals surface area contributed by atoms with Crippen LogP contribution in [0.5, 0.6) is 11.5 Å². The van der Waals surface area contributed by atoms with Crippen LogP contribution in [0.4, 0.5) is 4.39 Å². The summed E-state index contributed by atoms with van der Waals surface area (Å²) in [5.74, 6) is -0.543. The van der Waals surface area contributed by atoms with E-state index >= 15 is 0 Å². The van der Waals surface area contributed by atoms with Crippen molar-refractivity contribution in [3.8, 4) is 11.5 Å². The summed E-state index contributed by atoms with van der Waals surface area (Å²) in [7, 11) is 3.05. The quantitative estimate of drug-likeness (QED) is 0.186. The highest BCUT2D eigenvalue weighted by Gasteiger charge is 2.16. The average molecular weight is 477 g/mol. The number of methoxy groups -OCH3 is 2. The molecule has 0 radical (unpaired) electrons. The monoisotopic (exact) mass is 476 g/mol. The Morgan fingerprint density at radius 1 is 0.943 bits per heavy atom. The fourth-order valence-corrected chi connectivity index (χ4v) is 3.26. The Kier molecular flexibility index (Phi) is 8.75. The normalized spacial score (nSPS) is 11.3. The van der Waals surface area contributed by atoms with Crippen LogP contribution in [-0.4, -0.2) is 31.2 Å². The third kappa shape index (κ3) is 7.02. The molecule has 0 fully saturated rings. The standard InChI is InChI=1S/C27H25FN2O5/c1-34-21-13-20(14-22(16-21)35-2)15-24(23-5-3-4-6-25(23)28)27(32)29-17-19-9-7-18(8-10-19)11-12-26(31)30-33/h3-16,33H,17H2,1-2H3,(H,29,32)(H,30,31)/b12-11+,24-15-. The number of hydroxylamine groups is 1. The maximum Gasteiger partial charge on any atom is 0.267 e. The van der Waals surface area contributed by atoms with Gasteiger partial charge in [0.15, 0.2) is 0 Å². The van der Waals surface area contributed by atoms with Crippen molar-refractivity contribution in [2.75, 3.05) is 14.2 Å². The highest BCUT2D eigenvalue weighted by atomic mass is 19.1. The van der Waals surface area contributed by atoms with Gasteiger partial charge in [-0.1, -0.05) is 42.5 Å². The molecular weight excluding hydrogens is 451 g/mol. The topological polar surface area (TPSA) is 96.9 Å². The van der Waals surface area contributed by atoms with Gasteiger partial charge in [0.05, 0.1) is 19.8 Å². The Bertz CT molecular complexity index is 1230. The molecule has 0 unspecified atom stereocenters. The van der Waals surface area contributed by atoms with Crippen LogP contribution in [0.3, 0.4) is 0 Å². The van der Waals surface area contributed by atoms with Crippen molar-refractivity contribution in [1.29, 1.82) is 0 Å². The fourth-order valence-electron chi connectivity index (χ4n) is 3.26. The van der Waals surface area contributed by atoms with Crippen molar-refractivity contribution in [2.24, 2.45) is 0 Å². The van der Waals surface area contributed by atoms with E-state index in [-0.39, 0.29) is 17.7 Å². The van der Waals surface area contributed by atoms with E-state index in [1.54, 1.807) is 66.7 Å². The molecule has 35 heavy (non-hydrogen) atoms. The van der Waals surface area contributed by atoms with Crippen LogP contribution in [0.15, 0.2) is 72.8 Å². The molecule has 0 saturated carbocycles. The Labute approximate surface area is 202 Å². The molecule has 0 aliphatic rings. The molecule has 3 aromatic carbocycles. The van der Waals surface area contributed by atoms with Gasteiger partial charge in [-0.05, 0) is 47.0 Å². The van der Waals surface area contributed by atoms with E-state index in [4.69, 9.17) is 14.7 Å². The van der Waals surface area contributed by atoms with Gasteiger partial charge in [-0.3, -0.25) is 14.8 Å². The SMILES string of the molecule is COc1cc(/C=C(\C(=O)NCc2ccc(/C=C/C(=O)NO)cc2)c2ccccc2F)cc(OC)c1. The molecule has 0 spiro atoms. The van der Waals surface area contributed by atoms with E-state index in [0.29, 0.717) is 17.1 Å². The number of carbonyl (C=O) groups is 2. The van der Waals surface area contributed by atoms with Crippen molar-refractivity contribution in [3.05, 3.63) is 101 Å². The van der Waals surface area contributed by atoms with E-state index in [1.165, 1.54) is 37.9 Å². The minimum atomic E-state index is -0.637. The van der Waals surface area contributed by atoms with Crippen LogP contribution >= 0.6 is 0 Å². The zero-order chi connectivity index (χ0) is 25.2. The number of hydrogen-bond acceptors (Lipinski definition) is 5. The Balaban J connectivity index is 1.85. The lowest BCUT2D eigenvalue weighted by Gasteiger charge is -2.12. The van der Waals surface area contributed by atoms with E-state index in [9.17, 15) is 14.0 Å². The van der Waals surface area contributed by atoms with Gasteiger partial charge in [0.1, 0.15) is 17.3 Å². The van der Waals surface area contributed by atoms with Crippen molar-refractivity contribution in [2.45, 2.75) is 6.54 Å². The number of rotatable bonds is 9. The maximum atomic E-state index is 14.6. The van der Waals surface area contributed by atoms with E-state index < -0.39 is 17.6 Å². The third-order valence-corrected chi connectivity index (χ3v) is 5.06. The van der Waals surface area contributed by atoms with Gasteiger partial charge in [0.25, 0.3) is 11.8 Å². The largest absolute Gasteiger partial charge is 0.497 e. The second-order valence-electron chi connectivity index (χ2n) is 7.42. The maximum absolute atomic E-state index is 14.6. The molecule has 0 atom stereocenters. The summed E-state index contributed by atoms with van der Waals surface area (Å²) in [6, 6.07) is 18.3. The molecule has 0 saturated heterocycles. The van der Waals surface area contributed by atoms with Crippen LogP contribution in [-0.2, 0) is 16.1 Å². The minimum Gasteiger partial charge on any atom is -0.497 e. The predicted molar refractivity (Wildman–Crippen MR) is 131 cm³/mol. The molecule has 0 heterocycles. The van der Waals surface area contributed by atoms with Gasteiger partial charge < -0.3 is 14.8 Å². The molecule has 0 aromatic heterocycles. The van der Waals surface area contributed by atoms with Gasteiger partial charge in [0.2, 0.25) is 0 Å². The third-order valence-electron chi connectivity index (χ3n) is 5.06. The first-order valence-electron chi connectivity index (χ1n) is 10.6. The van der Waals surface area contributed by atoms with Crippen LogP contribution < -0.4 is 20.3 Å². The zero-order valence-corrected chi connectivity index (χ0v) is 19.2. The second-order valence-corrected chi connectivity index (χ2v) is 7.42. The number of carbonyl (C=O) groups excluding carboxylic acids is 2. The first kappa shape index (κ1) is 25.2. The Morgan fingerprint density at radius 3 is 2.20 bits per heavy atom. The molecule has 3 N–H and O–H groups in total. The summed E-state index contributed by atoms with van der Waals surface area (Å²) < 4.78 is 25.2. The Hall–Kier alpha value is -4.43. The molecular formula is C27H25FN2O5. The predicted octanol–water partition coefficient (Wildman–Crippen LogP) is 4.22. The highest BCUT2D eigenvalue weighted by Crippen LogP contribution is 2.27.